The molecule has 1 aliphatic rings. The highest BCUT2D eigenvalue weighted by Gasteiger charge is 2.34. The van der Waals surface area contributed by atoms with E-state index >= 15 is 0 Å². The normalized spacial score (nSPS) is 21.5. The number of rotatable bonds is 6. The first kappa shape index (κ1) is 18.9. The molecule has 0 spiro atoms. The van der Waals surface area contributed by atoms with E-state index < -0.39 is 5.60 Å². The fraction of sp³-hybridized carbons (Fsp3) is 0.550. The van der Waals surface area contributed by atoms with Crippen molar-refractivity contribution in [2.45, 2.75) is 39.3 Å². The highest BCUT2D eigenvalue weighted by Crippen LogP contribution is 2.21. The third kappa shape index (κ3) is 4.63. The van der Waals surface area contributed by atoms with E-state index in [0.29, 0.717) is 19.7 Å². The summed E-state index contributed by atoms with van der Waals surface area (Å²) in [7, 11) is 0. The third-order valence-corrected chi connectivity index (χ3v) is 4.77. The van der Waals surface area contributed by atoms with Gasteiger partial charge < -0.3 is 19.6 Å². The van der Waals surface area contributed by atoms with Gasteiger partial charge in [0.05, 0.1) is 18.9 Å². The quantitative estimate of drug-likeness (QED) is 0.828. The number of nitrogens with one attached hydrogen (secondary N) is 1. The number of hydrogen-bond donors (Lipinski definition) is 2. The smallest absolute Gasteiger partial charge is 0.134 e. The topological polar surface area (TPSA) is 70.6 Å². The molecule has 0 saturated carbocycles. The molecule has 142 valence electrons. The van der Waals surface area contributed by atoms with Crippen LogP contribution in [0.2, 0.25) is 0 Å². The molecule has 0 radical (unpaired) electrons. The predicted molar refractivity (Wildman–Crippen MR) is 100 cm³/mol. The van der Waals surface area contributed by atoms with Gasteiger partial charge in [-0.05, 0) is 25.5 Å². The number of nitrogens with zero attached hydrogens (tertiary/aromatic N) is 2. The van der Waals surface area contributed by atoms with E-state index in [2.05, 4.69) is 21.8 Å². The second-order valence-corrected chi connectivity index (χ2v) is 7.15. The van der Waals surface area contributed by atoms with Crippen LogP contribution in [0.1, 0.15) is 29.7 Å². The molecule has 0 amide bonds. The number of hydrogen-bond acceptors (Lipinski definition) is 5. The van der Waals surface area contributed by atoms with Crippen LogP contribution in [0, 0.1) is 13.8 Å². The summed E-state index contributed by atoms with van der Waals surface area (Å²) in [6, 6.07) is 7.84. The lowest BCUT2D eigenvalue weighted by Crippen LogP contribution is -2.48. The van der Waals surface area contributed by atoms with E-state index in [1.54, 1.807) is 0 Å². The molecule has 0 bridgehead atoms. The lowest BCUT2D eigenvalue weighted by atomic mass is 10.1. The van der Waals surface area contributed by atoms with Gasteiger partial charge >= 0.3 is 0 Å². The van der Waals surface area contributed by atoms with Gasteiger partial charge in [0.1, 0.15) is 23.8 Å². The Bertz CT molecular complexity index is 731. The molecule has 2 N–H and O–H groups in total. The van der Waals surface area contributed by atoms with Crippen molar-refractivity contribution in [1.82, 2.24) is 14.9 Å². The Morgan fingerprint density at radius 1 is 1.35 bits per heavy atom. The summed E-state index contributed by atoms with van der Waals surface area (Å²) < 4.78 is 11.6. The number of aliphatic hydroxyl groups is 1. The second-order valence-electron chi connectivity index (χ2n) is 7.15. The van der Waals surface area contributed by atoms with Crippen molar-refractivity contribution in [3.8, 4) is 5.75 Å². The number of ether oxygens (including phenoxy) is 2. The molecule has 26 heavy (non-hydrogen) atoms. The molecule has 1 saturated heterocycles. The van der Waals surface area contributed by atoms with Crippen molar-refractivity contribution in [3.05, 3.63) is 47.0 Å². The molecule has 1 aliphatic heterocycles. The van der Waals surface area contributed by atoms with Gasteiger partial charge in [-0.15, -0.1) is 0 Å². The van der Waals surface area contributed by atoms with E-state index in [0.717, 1.165) is 41.5 Å². The van der Waals surface area contributed by atoms with Crippen molar-refractivity contribution < 1.29 is 14.6 Å². The maximum absolute atomic E-state index is 11.1. The van der Waals surface area contributed by atoms with Gasteiger partial charge in [-0.3, -0.25) is 4.90 Å². The summed E-state index contributed by atoms with van der Waals surface area (Å²) in [6.45, 7) is 9.15. The summed E-state index contributed by atoms with van der Waals surface area (Å²) >= 11 is 0. The summed E-state index contributed by atoms with van der Waals surface area (Å²) in [4.78, 5) is 10.2. The minimum Gasteiger partial charge on any atom is -0.490 e. The van der Waals surface area contributed by atoms with Gasteiger partial charge in [0.25, 0.3) is 0 Å². The lowest BCUT2D eigenvalue weighted by Gasteiger charge is -2.30. The zero-order valence-electron chi connectivity index (χ0n) is 15.9. The predicted octanol–water partition coefficient (Wildman–Crippen LogP) is 2.23. The lowest BCUT2D eigenvalue weighted by molar-refractivity contribution is -0.0648. The number of imidazole rings is 1. The van der Waals surface area contributed by atoms with Gasteiger partial charge in [0, 0.05) is 31.7 Å². The average Bonchev–Trinajstić information content (AvgIpc) is 2.86. The summed E-state index contributed by atoms with van der Waals surface area (Å²) in [5.74, 6) is 1.80. The number of aromatic nitrogens is 2. The third-order valence-electron chi connectivity index (χ3n) is 4.77. The van der Waals surface area contributed by atoms with E-state index in [1.165, 1.54) is 0 Å². The first-order chi connectivity index (χ1) is 12.5. The Balaban J connectivity index is 1.65. The second kappa shape index (κ2) is 8.20. The van der Waals surface area contributed by atoms with Crippen LogP contribution < -0.4 is 4.74 Å². The largest absolute Gasteiger partial charge is 0.490 e. The van der Waals surface area contributed by atoms with E-state index in [-0.39, 0.29) is 13.2 Å². The van der Waals surface area contributed by atoms with Gasteiger partial charge in [0.2, 0.25) is 0 Å². The number of para-hydroxylation sites is 1. The fourth-order valence-corrected chi connectivity index (χ4v) is 3.25. The zero-order valence-corrected chi connectivity index (χ0v) is 15.9. The molecule has 2 heterocycles. The monoisotopic (exact) mass is 359 g/mol. The molecular formula is C20H29N3O3. The Hall–Kier alpha value is -1.89. The van der Waals surface area contributed by atoms with Gasteiger partial charge in [-0.25, -0.2) is 4.98 Å². The van der Waals surface area contributed by atoms with Crippen LogP contribution in [0.25, 0.3) is 0 Å². The molecule has 1 aromatic carbocycles. The minimum atomic E-state index is -1.05. The molecule has 6 nitrogen and oxygen atoms in total. The van der Waals surface area contributed by atoms with E-state index in [4.69, 9.17) is 9.47 Å². The Morgan fingerprint density at radius 2 is 2.15 bits per heavy atom. The first-order valence-corrected chi connectivity index (χ1v) is 9.24. The van der Waals surface area contributed by atoms with Crippen LogP contribution >= 0.6 is 0 Å². The molecule has 0 aliphatic carbocycles. The summed E-state index contributed by atoms with van der Waals surface area (Å²) in [6.07, 6.45) is 0.887. The molecule has 2 aromatic rings. The van der Waals surface area contributed by atoms with E-state index in [9.17, 15) is 5.11 Å². The van der Waals surface area contributed by atoms with Crippen molar-refractivity contribution in [1.29, 1.82) is 0 Å². The van der Waals surface area contributed by atoms with Gasteiger partial charge in [0.15, 0.2) is 0 Å². The van der Waals surface area contributed by atoms with Crippen molar-refractivity contribution in [2.75, 3.05) is 32.9 Å². The Kier molecular flexibility index (Phi) is 5.96. The Labute approximate surface area is 155 Å². The molecule has 1 atom stereocenters. The van der Waals surface area contributed by atoms with Crippen molar-refractivity contribution in [2.24, 2.45) is 0 Å². The van der Waals surface area contributed by atoms with Gasteiger partial charge in [-0.2, -0.15) is 0 Å². The van der Waals surface area contributed by atoms with Crippen LogP contribution in [0.5, 0.6) is 5.75 Å². The Morgan fingerprint density at radius 3 is 2.88 bits per heavy atom. The standard InChI is InChI=1S/C20H29N3O3/c1-4-19-21-16(3)17(22-19)11-23-9-10-25-13-20(24,12-23)14-26-18-8-6-5-7-15(18)2/h5-8,24H,4,9-14H2,1-3H3,(H,21,22). The average molecular weight is 359 g/mol. The fourth-order valence-electron chi connectivity index (χ4n) is 3.25. The van der Waals surface area contributed by atoms with Crippen molar-refractivity contribution in [3.63, 3.8) is 0 Å². The van der Waals surface area contributed by atoms with E-state index in [1.807, 2.05) is 38.1 Å². The van der Waals surface area contributed by atoms with Crippen LogP contribution in [-0.2, 0) is 17.7 Å². The maximum Gasteiger partial charge on any atom is 0.134 e. The SMILES string of the molecule is CCc1nc(CN2CCOCC(O)(COc3ccccc3C)C2)c(C)[nH]1. The number of aromatic amines is 1. The number of benzene rings is 1. The molecule has 6 heteroatoms. The number of β-amino-alcohol motifs (C(OH)–C–C–N with tert-alkyl or cyclic N) is 1. The molecule has 1 aromatic heterocycles. The molecule has 3 rings (SSSR count). The molecular weight excluding hydrogens is 330 g/mol. The highest BCUT2D eigenvalue weighted by molar-refractivity contribution is 5.31. The zero-order chi connectivity index (χ0) is 18.6. The number of aryl methyl sites for hydroxylation is 3. The molecule has 1 unspecified atom stereocenters. The van der Waals surface area contributed by atoms with Crippen LogP contribution in [0.3, 0.4) is 0 Å². The highest BCUT2D eigenvalue weighted by atomic mass is 16.5. The van der Waals surface area contributed by atoms with Crippen LogP contribution in [-0.4, -0.2) is 58.5 Å². The summed E-state index contributed by atoms with van der Waals surface area (Å²) in [5.41, 5.74) is 2.13. The molecule has 1 fully saturated rings. The van der Waals surface area contributed by atoms with Crippen LogP contribution in [0.4, 0.5) is 0 Å². The number of H-pyrrole nitrogens is 1. The van der Waals surface area contributed by atoms with Crippen molar-refractivity contribution >= 4 is 0 Å². The summed E-state index contributed by atoms with van der Waals surface area (Å²) in [5, 5.41) is 11.1. The first-order valence-electron chi connectivity index (χ1n) is 9.24. The minimum absolute atomic E-state index is 0.202. The maximum atomic E-state index is 11.1. The van der Waals surface area contributed by atoms with Gasteiger partial charge in [-0.1, -0.05) is 25.1 Å². The van der Waals surface area contributed by atoms with Crippen LogP contribution in [0.15, 0.2) is 24.3 Å².